The quantitative estimate of drug-likeness (QED) is 0.437. The van der Waals surface area contributed by atoms with Gasteiger partial charge in [-0.15, -0.1) is 0 Å². The molecule has 0 aliphatic carbocycles. The first-order chi connectivity index (χ1) is 15.8. The average molecular weight is 449 g/mol. The largest absolute Gasteiger partial charge is 0.497 e. The summed E-state index contributed by atoms with van der Waals surface area (Å²) in [4.78, 5) is 30.6. The van der Waals surface area contributed by atoms with Crippen molar-refractivity contribution in [3.63, 3.8) is 0 Å². The van der Waals surface area contributed by atoms with Crippen molar-refractivity contribution < 1.29 is 14.3 Å². The molecule has 0 saturated carbocycles. The summed E-state index contributed by atoms with van der Waals surface area (Å²) in [5.41, 5.74) is 4.06. The van der Waals surface area contributed by atoms with Crippen LogP contribution in [0.5, 0.6) is 5.75 Å². The van der Waals surface area contributed by atoms with Gasteiger partial charge in [0.25, 0.3) is 0 Å². The van der Waals surface area contributed by atoms with Crippen LogP contribution in [-0.2, 0) is 11.2 Å². The van der Waals surface area contributed by atoms with Crippen LogP contribution in [0.2, 0.25) is 0 Å². The van der Waals surface area contributed by atoms with Gasteiger partial charge in [0, 0.05) is 22.7 Å². The van der Waals surface area contributed by atoms with Gasteiger partial charge in [0.15, 0.2) is 5.78 Å². The van der Waals surface area contributed by atoms with E-state index in [1.54, 1.807) is 19.2 Å². The van der Waals surface area contributed by atoms with E-state index in [2.05, 4.69) is 39.1 Å². The van der Waals surface area contributed by atoms with Crippen molar-refractivity contribution in [1.29, 1.82) is 0 Å². The van der Waals surface area contributed by atoms with Gasteiger partial charge in [0.05, 0.1) is 24.8 Å². The Labute approximate surface area is 197 Å². The zero-order valence-electron chi connectivity index (χ0n) is 20.5. The molecule has 0 atom stereocenters. The number of aliphatic imine (C=N–C) groups is 1. The van der Waals surface area contributed by atoms with E-state index in [1.165, 1.54) is 5.56 Å². The fraction of sp³-hybridized carbons (Fsp3) is 0.464. The molecule has 5 nitrogen and oxygen atoms in total. The maximum atomic E-state index is 13.1. The van der Waals surface area contributed by atoms with Crippen LogP contribution in [0.3, 0.4) is 0 Å². The number of ketones is 1. The third-order valence-electron chi connectivity index (χ3n) is 6.14. The predicted molar refractivity (Wildman–Crippen MR) is 135 cm³/mol. The van der Waals surface area contributed by atoms with Crippen LogP contribution in [0.15, 0.2) is 47.5 Å². The lowest BCUT2D eigenvalue weighted by Crippen LogP contribution is -2.30. The number of ether oxygens (including phenoxy) is 1. The maximum absolute atomic E-state index is 13.1. The Hall–Kier alpha value is -2.95. The Morgan fingerprint density at radius 2 is 1.73 bits per heavy atom. The van der Waals surface area contributed by atoms with Gasteiger partial charge < -0.3 is 10.1 Å². The average Bonchev–Trinajstić information content (AvgIpc) is 2.78. The number of hydrogen-bond acceptors (Lipinski definition) is 4. The van der Waals surface area contributed by atoms with Crippen LogP contribution in [0, 0.1) is 5.92 Å². The van der Waals surface area contributed by atoms with E-state index in [0.29, 0.717) is 5.56 Å². The highest BCUT2D eigenvalue weighted by molar-refractivity contribution is 6.17. The summed E-state index contributed by atoms with van der Waals surface area (Å²) in [5, 5.41) is 3.01. The van der Waals surface area contributed by atoms with E-state index in [-0.39, 0.29) is 29.6 Å². The van der Waals surface area contributed by atoms with Gasteiger partial charge in [-0.3, -0.25) is 14.6 Å². The zero-order chi connectivity index (χ0) is 24.0. The Bertz CT molecular complexity index is 1020. The van der Waals surface area contributed by atoms with Crippen molar-refractivity contribution >= 4 is 23.1 Å². The molecule has 176 valence electrons. The first-order valence-corrected chi connectivity index (χ1v) is 12.0. The summed E-state index contributed by atoms with van der Waals surface area (Å²) in [6.45, 7) is 8.38. The maximum Gasteiger partial charge on any atom is 0.227 e. The van der Waals surface area contributed by atoms with Crippen LogP contribution in [0.1, 0.15) is 81.3 Å². The minimum absolute atomic E-state index is 0.00735. The molecule has 1 amide bonds. The smallest absolute Gasteiger partial charge is 0.227 e. The Balaban J connectivity index is 1.73. The number of anilines is 1. The summed E-state index contributed by atoms with van der Waals surface area (Å²) < 4.78 is 5.39. The fourth-order valence-corrected chi connectivity index (χ4v) is 4.51. The number of methoxy groups -OCH3 is 1. The summed E-state index contributed by atoms with van der Waals surface area (Å²) in [6, 6.07) is 13.2. The van der Waals surface area contributed by atoms with Crippen LogP contribution in [0.4, 0.5) is 5.69 Å². The topological polar surface area (TPSA) is 67.8 Å². The molecule has 0 spiro atoms. The van der Waals surface area contributed by atoms with Crippen molar-refractivity contribution in [2.45, 2.75) is 71.8 Å². The number of nitrogens with one attached hydrogen (secondary N) is 1. The summed E-state index contributed by atoms with van der Waals surface area (Å²) >= 11 is 0. The highest BCUT2D eigenvalue weighted by Gasteiger charge is 2.28. The second-order valence-corrected chi connectivity index (χ2v) is 9.51. The number of Topliss-reactive ketones (excluding diaryl/α,β-unsaturated/α-hetero) is 1. The number of amides is 1. The third kappa shape index (κ3) is 6.31. The monoisotopic (exact) mass is 448 g/mol. The van der Waals surface area contributed by atoms with Crippen molar-refractivity contribution in [1.82, 2.24) is 0 Å². The molecular formula is C28H36N2O3. The molecule has 0 bridgehead atoms. The molecule has 1 aliphatic heterocycles. The molecule has 2 aromatic rings. The lowest BCUT2D eigenvalue weighted by atomic mass is 9.85. The van der Waals surface area contributed by atoms with Gasteiger partial charge in [-0.1, -0.05) is 32.8 Å². The minimum atomic E-state index is -0.251. The molecule has 3 rings (SSSR count). The van der Waals surface area contributed by atoms with E-state index in [4.69, 9.17) is 9.73 Å². The summed E-state index contributed by atoms with van der Waals surface area (Å²) in [5.74, 6) is 0.860. The van der Waals surface area contributed by atoms with E-state index in [0.717, 1.165) is 54.8 Å². The Kier molecular flexibility index (Phi) is 8.06. The molecule has 0 unspecified atom stereocenters. The molecule has 0 fully saturated rings. The molecule has 0 aromatic heterocycles. The number of rotatable bonds is 10. The van der Waals surface area contributed by atoms with Gasteiger partial charge in [-0.2, -0.15) is 0 Å². The molecule has 2 aromatic carbocycles. The number of carbonyl (C=O) groups excluding carboxylic acids is 2. The lowest BCUT2D eigenvalue weighted by Gasteiger charge is -2.29. The fourth-order valence-electron chi connectivity index (χ4n) is 4.51. The van der Waals surface area contributed by atoms with Crippen molar-refractivity contribution in [2.24, 2.45) is 10.9 Å². The van der Waals surface area contributed by atoms with Crippen LogP contribution >= 0.6 is 0 Å². The SMILES string of the molecule is CCCC(CCC)C(=O)Nc1ccc(C(=O)CC2=NC(C)(C)Cc3ccc(OC)cc32)cc1. The number of carbonyl (C=O) groups is 2. The zero-order valence-corrected chi connectivity index (χ0v) is 20.5. The minimum Gasteiger partial charge on any atom is -0.497 e. The van der Waals surface area contributed by atoms with E-state index in [9.17, 15) is 9.59 Å². The Morgan fingerprint density at radius 1 is 1.06 bits per heavy atom. The molecule has 1 N–H and O–H groups in total. The van der Waals surface area contributed by atoms with Gasteiger partial charge in [0.1, 0.15) is 5.75 Å². The second kappa shape index (κ2) is 10.8. The highest BCUT2D eigenvalue weighted by Crippen LogP contribution is 2.31. The predicted octanol–water partition coefficient (Wildman–Crippen LogP) is 6.25. The molecule has 0 radical (unpaired) electrons. The van der Waals surface area contributed by atoms with E-state index >= 15 is 0 Å². The molecule has 1 aliphatic rings. The molecular weight excluding hydrogens is 412 g/mol. The first kappa shape index (κ1) is 24.7. The standard InChI is InChI=1S/C28H36N2O3/c1-6-8-20(9-7-2)27(32)29-22-13-10-19(11-14-22)26(31)17-25-24-16-23(33-5)15-12-21(24)18-28(3,4)30-25/h10-16,20H,6-9,17-18H2,1-5H3,(H,29,32). The van der Waals surface area contributed by atoms with Crippen LogP contribution < -0.4 is 10.1 Å². The summed E-state index contributed by atoms with van der Waals surface area (Å²) in [7, 11) is 1.64. The van der Waals surface area contributed by atoms with Crippen LogP contribution in [-0.4, -0.2) is 30.1 Å². The van der Waals surface area contributed by atoms with Crippen molar-refractivity contribution in [3.05, 3.63) is 59.2 Å². The third-order valence-corrected chi connectivity index (χ3v) is 6.14. The van der Waals surface area contributed by atoms with E-state index in [1.807, 2.05) is 24.3 Å². The molecule has 1 heterocycles. The van der Waals surface area contributed by atoms with Crippen LogP contribution in [0.25, 0.3) is 0 Å². The number of nitrogens with zero attached hydrogens (tertiary/aromatic N) is 1. The van der Waals surface area contributed by atoms with E-state index < -0.39 is 0 Å². The number of benzene rings is 2. The molecule has 5 heteroatoms. The van der Waals surface area contributed by atoms with Crippen molar-refractivity contribution in [3.8, 4) is 5.75 Å². The number of hydrogen-bond donors (Lipinski definition) is 1. The number of fused-ring (bicyclic) bond motifs is 1. The van der Waals surface area contributed by atoms with Gasteiger partial charge in [-0.05, 0) is 75.1 Å². The highest BCUT2D eigenvalue weighted by atomic mass is 16.5. The Morgan fingerprint density at radius 3 is 2.33 bits per heavy atom. The second-order valence-electron chi connectivity index (χ2n) is 9.51. The van der Waals surface area contributed by atoms with Gasteiger partial charge >= 0.3 is 0 Å². The normalized spacial score (nSPS) is 14.4. The van der Waals surface area contributed by atoms with Gasteiger partial charge in [0.2, 0.25) is 5.91 Å². The molecule has 33 heavy (non-hydrogen) atoms. The first-order valence-electron chi connectivity index (χ1n) is 12.0. The van der Waals surface area contributed by atoms with Crippen molar-refractivity contribution in [2.75, 3.05) is 12.4 Å². The molecule has 0 saturated heterocycles. The lowest BCUT2D eigenvalue weighted by molar-refractivity contribution is -0.120. The summed E-state index contributed by atoms with van der Waals surface area (Å²) in [6.07, 6.45) is 4.81. The van der Waals surface area contributed by atoms with Gasteiger partial charge in [-0.25, -0.2) is 0 Å².